The summed E-state index contributed by atoms with van der Waals surface area (Å²) in [4.78, 5) is 8.88. The third kappa shape index (κ3) is 2.75. The average molecular weight is 377 g/mol. The van der Waals surface area contributed by atoms with Crippen molar-refractivity contribution in [3.63, 3.8) is 0 Å². The molecule has 0 radical (unpaired) electrons. The molecular formula is C15H10Cl2N6S. The predicted octanol–water partition coefficient (Wildman–Crippen LogP) is 3.85. The van der Waals surface area contributed by atoms with E-state index in [1.165, 1.54) is 11.8 Å². The molecule has 0 saturated carbocycles. The molecule has 24 heavy (non-hydrogen) atoms. The third-order valence-corrected chi connectivity index (χ3v) is 4.83. The lowest BCUT2D eigenvalue weighted by atomic mass is 10.2. The number of hydrogen-bond donors (Lipinski definition) is 1. The van der Waals surface area contributed by atoms with Crippen molar-refractivity contribution in [2.45, 2.75) is 10.9 Å². The van der Waals surface area contributed by atoms with Gasteiger partial charge in [-0.15, -0.1) is 10.2 Å². The maximum absolute atomic E-state index is 6.12. The Kier molecular flexibility index (Phi) is 3.91. The normalized spacial score (nSPS) is 11.4. The Balaban J connectivity index is 1.66. The zero-order valence-electron chi connectivity index (χ0n) is 12.1. The molecule has 4 aromatic rings. The average Bonchev–Trinajstić information content (AvgIpc) is 2.96. The molecule has 0 saturated heterocycles. The lowest BCUT2D eigenvalue weighted by Gasteiger charge is -2.05. The number of nitrogens with two attached hydrogens (primary N) is 1. The number of para-hydroxylation sites is 1. The van der Waals surface area contributed by atoms with E-state index in [9.17, 15) is 0 Å². The Morgan fingerprint density at radius 2 is 1.96 bits per heavy atom. The number of aromatic nitrogens is 5. The van der Waals surface area contributed by atoms with Gasteiger partial charge in [0.05, 0.1) is 21.3 Å². The van der Waals surface area contributed by atoms with Gasteiger partial charge >= 0.3 is 0 Å². The standard InChI is InChI=1S/C15H10Cl2N6S/c16-8-5-10(17)14-21-22-15(23(14)6-8)24-7-12-19-11-4-2-1-3-9(11)13(18)20-12/h1-6H,7H2,(H2,18,19,20). The van der Waals surface area contributed by atoms with Gasteiger partial charge in [-0.25, -0.2) is 9.97 Å². The lowest BCUT2D eigenvalue weighted by molar-refractivity contribution is 0.918. The van der Waals surface area contributed by atoms with Gasteiger partial charge in [-0.2, -0.15) is 0 Å². The second-order valence-electron chi connectivity index (χ2n) is 5.01. The van der Waals surface area contributed by atoms with Crippen molar-refractivity contribution >= 4 is 57.3 Å². The van der Waals surface area contributed by atoms with Crippen LogP contribution in [0.5, 0.6) is 0 Å². The minimum absolute atomic E-state index is 0.452. The summed E-state index contributed by atoms with van der Waals surface area (Å²) in [5, 5.41) is 10.7. The number of pyridine rings is 1. The molecule has 0 spiro atoms. The number of anilines is 1. The van der Waals surface area contributed by atoms with Gasteiger partial charge in [-0.3, -0.25) is 4.40 Å². The maximum atomic E-state index is 6.12. The van der Waals surface area contributed by atoms with Crippen molar-refractivity contribution in [1.29, 1.82) is 0 Å². The molecule has 2 N–H and O–H groups in total. The van der Waals surface area contributed by atoms with Crippen LogP contribution in [0, 0.1) is 0 Å². The van der Waals surface area contributed by atoms with Crippen LogP contribution in [-0.2, 0) is 5.75 Å². The zero-order valence-corrected chi connectivity index (χ0v) is 14.5. The van der Waals surface area contributed by atoms with E-state index in [-0.39, 0.29) is 0 Å². The van der Waals surface area contributed by atoms with Crippen LogP contribution in [0.25, 0.3) is 16.6 Å². The van der Waals surface area contributed by atoms with Crippen molar-refractivity contribution in [1.82, 2.24) is 24.6 Å². The van der Waals surface area contributed by atoms with E-state index in [4.69, 9.17) is 28.9 Å². The largest absolute Gasteiger partial charge is 0.383 e. The van der Waals surface area contributed by atoms with E-state index in [0.717, 1.165) is 10.9 Å². The molecule has 120 valence electrons. The molecule has 9 heteroatoms. The molecule has 0 fully saturated rings. The van der Waals surface area contributed by atoms with Crippen LogP contribution in [0.3, 0.4) is 0 Å². The van der Waals surface area contributed by atoms with E-state index in [1.54, 1.807) is 16.7 Å². The number of benzene rings is 1. The molecule has 0 aliphatic carbocycles. The quantitative estimate of drug-likeness (QED) is 0.546. The molecule has 1 aromatic carbocycles. The van der Waals surface area contributed by atoms with Crippen LogP contribution < -0.4 is 5.73 Å². The Hall–Kier alpha value is -2.09. The van der Waals surface area contributed by atoms with E-state index in [1.807, 2.05) is 24.3 Å². The number of fused-ring (bicyclic) bond motifs is 2. The fourth-order valence-corrected chi connectivity index (χ4v) is 3.62. The Bertz CT molecular complexity index is 1060. The third-order valence-electron chi connectivity index (χ3n) is 3.40. The van der Waals surface area contributed by atoms with Gasteiger partial charge in [0.15, 0.2) is 10.8 Å². The second kappa shape index (κ2) is 6.08. The monoisotopic (exact) mass is 376 g/mol. The van der Waals surface area contributed by atoms with Gasteiger partial charge in [0, 0.05) is 11.6 Å². The topological polar surface area (TPSA) is 82.0 Å². The summed E-state index contributed by atoms with van der Waals surface area (Å²) in [5.41, 5.74) is 7.38. The first-order chi connectivity index (χ1) is 11.6. The highest BCUT2D eigenvalue weighted by molar-refractivity contribution is 7.98. The molecule has 4 rings (SSSR count). The first-order valence-electron chi connectivity index (χ1n) is 6.95. The van der Waals surface area contributed by atoms with Crippen LogP contribution in [0.2, 0.25) is 10.0 Å². The van der Waals surface area contributed by atoms with Crippen LogP contribution in [0.15, 0.2) is 41.7 Å². The number of nitrogen functional groups attached to an aromatic ring is 1. The Morgan fingerprint density at radius 3 is 2.83 bits per heavy atom. The van der Waals surface area contributed by atoms with Gasteiger partial charge in [0.1, 0.15) is 11.6 Å². The summed E-state index contributed by atoms with van der Waals surface area (Å²) >= 11 is 13.6. The molecule has 0 amide bonds. The highest BCUT2D eigenvalue weighted by atomic mass is 35.5. The number of halogens is 2. The van der Waals surface area contributed by atoms with E-state index in [2.05, 4.69) is 20.2 Å². The summed E-state index contributed by atoms with van der Waals surface area (Å²) in [6.07, 6.45) is 1.72. The maximum Gasteiger partial charge on any atom is 0.196 e. The Labute approximate surface area is 151 Å². The number of thioether (sulfide) groups is 1. The molecule has 0 aliphatic heterocycles. The molecule has 6 nitrogen and oxygen atoms in total. The zero-order chi connectivity index (χ0) is 16.7. The fraction of sp³-hybridized carbons (Fsp3) is 0.0667. The summed E-state index contributed by atoms with van der Waals surface area (Å²) in [7, 11) is 0. The first-order valence-corrected chi connectivity index (χ1v) is 8.69. The van der Waals surface area contributed by atoms with Gasteiger partial charge in [-0.05, 0) is 18.2 Å². The van der Waals surface area contributed by atoms with E-state index >= 15 is 0 Å². The fourth-order valence-electron chi connectivity index (χ4n) is 2.35. The highest BCUT2D eigenvalue weighted by Crippen LogP contribution is 2.27. The van der Waals surface area contributed by atoms with Crippen LogP contribution >= 0.6 is 35.0 Å². The summed E-state index contributed by atoms with van der Waals surface area (Å²) < 4.78 is 1.75. The van der Waals surface area contributed by atoms with Crippen molar-refractivity contribution in [3.05, 3.63) is 52.4 Å². The van der Waals surface area contributed by atoms with Crippen molar-refractivity contribution in [3.8, 4) is 0 Å². The number of rotatable bonds is 3. The summed E-state index contributed by atoms with van der Waals surface area (Å²) in [6.45, 7) is 0. The van der Waals surface area contributed by atoms with E-state index in [0.29, 0.717) is 38.2 Å². The summed E-state index contributed by atoms with van der Waals surface area (Å²) in [6, 6.07) is 9.27. The van der Waals surface area contributed by atoms with Crippen molar-refractivity contribution < 1.29 is 0 Å². The van der Waals surface area contributed by atoms with Gasteiger partial charge < -0.3 is 5.73 Å². The number of nitrogens with zero attached hydrogens (tertiary/aromatic N) is 5. The lowest BCUT2D eigenvalue weighted by Crippen LogP contribution is -2.00. The molecular weight excluding hydrogens is 367 g/mol. The SMILES string of the molecule is Nc1nc(CSc2nnc3c(Cl)cc(Cl)cn23)nc2ccccc12. The van der Waals surface area contributed by atoms with Gasteiger partial charge in [0.25, 0.3) is 0 Å². The first kappa shape index (κ1) is 15.4. The highest BCUT2D eigenvalue weighted by Gasteiger charge is 2.12. The van der Waals surface area contributed by atoms with Crippen LogP contribution in [-0.4, -0.2) is 24.6 Å². The molecule has 0 aliphatic rings. The Morgan fingerprint density at radius 1 is 1.12 bits per heavy atom. The van der Waals surface area contributed by atoms with Gasteiger partial charge in [0.2, 0.25) is 0 Å². The molecule has 0 bridgehead atoms. The molecule has 3 heterocycles. The predicted molar refractivity (Wildman–Crippen MR) is 96.5 cm³/mol. The second-order valence-corrected chi connectivity index (χ2v) is 6.80. The van der Waals surface area contributed by atoms with Gasteiger partial charge in [-0.1, -0.05) is 47.1 Å². The van der Waals surface area contributed by atoms with Crippen molar-refractivity contribution in [2.24, 2.45) is 0 Å². The molecule has 0 unspecified atom stereocenters. The minimum Gasteiger partial charge on any atom is -0.383 e. The molecule has 0 atom stereocenters. The van der Waals surface area contributed by atoms with E-state index < -0.39 is 0 Å². The minimum atomic E-state index is 0.452. The van der Waals surface area contributed by atoms with Crippen LogP contribution in [0.4, 0.5) is 5.82 Å². The molecule has 3 aromatic heterocycles. The number of hydrogen-bond acceptors (Lipinski definition) is 6. The smallest absolute Gasteiger partial charge is 0.196 e. The van der Waals surface area contributed by atoms with Crippen LogP contribution in [0.1, 0.15) is 5.82 Å². The summed E-state index contributed by atoms with van der Waals surface area (Å²) in [5.74, 6) is 1.59. The van der Waals surface area contributed by atoms with Crippen molar-refractivity contribution in [2.75, 3.05) is 5.73 Å².